The minimum absolute atomic E-state index is 0.0774. The number of hydrogen-bond acceptors (Lipinski definition) is 4. The highest BCUT2D eigenvalue weighted by molar-refractivity contribution is 7.99. The van der Waals surface area contributed by atoms with Crippen molar-refractivity contribution in [1.29, 1.82) is 0 Å². The topological polar surface area (TPSA) is 38.9 Å². The molecule has 0 fully saturated rings. The summed E-state index contributed by atoms with van der Waals surface area (Å²) in [7, 11) is 0. The third kappa shape index (κ3) is 2.30. The minimum Gasteiger partial charge on any atom is -0.316 e. The molecule has 106 valence electrons. The van der Waals surface area contributed by atoms with Crippen molar-refractivity contribution in [2.24, 2.45) is 5.73 Å². The molecule has 0 spiro atoms. The first kappa shape index (κ1) is 14.1. The number of rotatable bonds is 1. The molecule has 0 saturated carbocycles. The van der Waals surface area contributed by atoms with E-state index in [1.54, 1.807) is 11.3 Å². The zero-order valence-corrected chi connectivity index (χ0v) is 13.8. The van der Waals surface area contributed by atoms with Crippen molar-refractivity contribution in [3.8, 4) is 0 Å². The number of thioether (sulfide) groups is 1. The first-order valence-corrected chi connectivity index (χ1v) is 8.75. The van der Waals surface area contributed by atoms with Crippen LogP contribution in [0.4, 0.5) is 0 Å². The van der Waals surface area contributed by atoms with E-state index in [1.165, 1.54) is 10.5 Å². The highest BCUT2D eigenvalue weighted by Gasteiger charge is 2.37. The average Bonchev–Trinajstić information content (AvgIpc) is 2.89. The van der Waals surface area contributed by atoms with Gasteiger partial charge in [0.15, 0.2) is 0 Å². The van der Waals surface area contributed by atoms with Gasteiger partial charge in [-0.05, 0) is 18.1 Å². The van der Waals surface area contributed by atoms with Crippen LogP contribution >= 0.6 is 23.1 Å². The maximum Gasteiger partial charge on any atom is 0.117 e. The Morgan fingerprint density at radius 3 is 2.70 bits per heavy atom. The Kier molecular flexibility index (Phi) is 3.43. The number of thiazole rings is 1. The van der Waals surface area contributed by atoms with E-state index in [0.717, 1.165) is 22.9 Å². The van der Waals surface area contributed by atoms with Crippen LogP contribution in [0.5, 0.6) is 0 Å². The van der Waals surface area contributed by atoms with E-state index >= 15 is 0 Å². The summed E-state index contributed by atoms with van der Waals surface area (Å²) in [6, 6.07) is 8.48. The molecule has 0 saturated heterocycles. The molecule has 1 unspecified atom stereocenters. The van der Waals surface area contributed by atoms with Gasteiger partial charge in [0.1, 0.15) is 5.01 Å². The molecule has 1 aliphatic rings. The van der Waals surface area contributed by atoms with E-state index in [4.69, 9.17) is 10.7 Å². The van der Waals surface area contributed by atoms with Crippen molar-refractivity contribution in [2.75, 3.05) is 5.75 Å². The maximum atomic E-state index is 6.78. The molecule has 2 aromatic rings. The quantitative estimate of drug-likeness (QED) is 0.860. The smallest absolute Gasteiger partial charge is 0.117 e. The zero-order valence-electron chi connectivity index (χ0n) is 12.1. The molecular weight excluding hydrogens is 284 g/mol. The highest BCUT2D eigenvalue weighted by Crippen LogP contribution is 2.43. The molecule has 2 heterocycles. The van der Waals surface area contributed by atoms with Gasteiger partial charge in [-0.15, -0.1) is 23.1 Å². The van der Waals surface area contributed by atoms with Crippen LogP contribution in [0.1, 0.15) is 43.5 Å². The van der Waals surface area contributed by atoms with Gasteiger partial charge < -0.3 is 5.73 Å². The van der Waals surface area contributed by atoms with Crippen LogP contribution in [0, 0.1) is 0 Å². The van der Waals surface area contributed by atoms with Crippen molar-refractivity contribution < 1.29 is 0 Å². The van der Waals surface area contributed by atoms with Gasteiger partial charge in [0, 0.05) is 21.4 Å². The fourth-order valence-electron chi connectivity index (χ4n) is 2.46. The molecule has 1 aliphatic heterocycles. The molecule has 3 rings (SSSR count). The van der Waals surface area contributed by atoms with Crippen LogP contribution in [-0.2, 0) is 11.0 Å². The standard InChI is InChI=1S/C16H20N2S2/c1-15(2,3)13-10-20-14(18-13)16(17)8-9-19-12-7-5-4-6-11(12)16/h4-7,10H,8-9,17H2,1-3H3. The van der Waals surface area contributed by atoms with Gasteiger partial charge in [0.25, 0.3) is 0 Å². The average molecular weight is 304 g/mol. The van der Waals surface area contributed by atoms with Gasteiger partial charge in [-0.2, -0.15) is 0 Å². The minimum atomic E-state index is -0.421. The van der Waals surface area contributed by atoms with Crippen molar-refractivity contribution >= 4 is 23.1 Å². The Labute approximate surface area is 128 Å². The molecule has 0 bridgehead atoms. The van der Waals surface area contributed by atoms with Gasteiger partial charge in [-0.3, -0.25) is 0 Å². The number of aromatic nitrogens is 1. The zero-order chi connectivity index (χ0) is 14.4. The SMILES string of the molecule is CC(C)(C)c1csc(C2(N)CCSc3ccccc32)n1. The van der Waals surface area contributed by atoms with Crippen molar-refractivity contribution in [1.82, 2.24) is 4.98 Å². The predicted octanol–water partition coefficient (Wildman–Crippen LogP) is 4.14. The van der Waals surface area contributed by atoms with Gasteiger partial charge >= 0.3 is 0 Å². The molecule has 0 amide bonds. The predicted molar refractivity (Wildman–Crippen MR) is 87.6 cm³/mol. The third-order valence-corrected chi connectivity index (χ3v) is 5.87. The van der Waals surface area contributed by atoms with E-state index < -0.39 is 5.54 Å². The monoisotopic (exact) mass is 304 g/mol. The normalized spacial score (nSPS) is 22.6. The summed E-state index contributed by atoms with van der Waals surface area (Å²) in [6.45, 7) is 6.58. The number of fused-ring (bicyclic) bond motifs is 1. The summed E-state index contributed by atoms with van der Waals surface area (Å²) < 4.78 is 0. The second-order valence-corrected chi connectivity index (χ2v) is 8.35. The van der Waals surface area contributed by atoms with Gasteiger partial charge in [-0.25, -0.2) is 4.98 Å². The molecule has 0 aliphatic carbocycles. The summed E-state index contributed by atoms with van der Waals surface area (Å²) in [4.78, 5) is 6.16. The van der Waals surface area contributed by atoms with Crippen molar-refractivity contribution in [3.63, 3.8) is 0 Å². The second-order valence-electron chi connectivity index (χ2n) is 6.35. The maximum absolute atomic E-state index is 6.78. The van der Waals surface area contributed by atoms with E-state index in [-0.39, 0.29) is 5.41 Å². The summed E-state index contributed by atoms with van der Waals surface area (Å²) in [5.74, 6) is 1.05. The van der Waals surface area contributed by atoms with E-state index in [0.29, 0.717) is 0 Å². The fraction of sp³-hybridized carbons (Fsp3) is 0.438. The molecule has 20 heavy (non-hydrogen) atoms. The van der Waals surface area contributed by atoms with Crippen molar-refractivity contribution in [3.05, 3.63) is 45.9 Å². The van der Waals surface area contributed by atoms with E-state index in [9.17, 15) is 0 Å². The van der Waals surface area contributed by atoms with Crippen LogP contribution in [0.25, 0.3) is 0 Å². The molecular formula is C16H20N2S2. The molecule has 2 N–H and O–H groups in total. The molecule has 2 nitrogen and oxygen atoms in total. The Balaban J connectivity index is 2.08. The lowest BCUT2D eigenvalue weighted by Crippen LogP contribution is -2.41. The summed E-state index contributed by atoms with van der Waals surface area (Å²) in [5.41, 5.74) is 8.80. The van der Waals surface area contributed by atoms with Gasteiger partial charge in [0.2, 0.25) is 0 Å². The van der Waals surface area contributed by atoms with Crippen LogP contribution in [-0.4, -0.2) is 10.7 Å². The van der Waals surface area contributed by atoms with Crippen LogP contribution in [0.3, 0.4) is 0 Å². The van der Waals surface area contributed by atoms with E-state index in [2.05, 4.69) is 50.4 Å². The Morgan fingerprint density at radius 2 is 2.00 bits per heavy atom. The van der Waals surface area contributed by atoms with E-state index in [1.807, 2.05) is 11.8 Å². The third-order valence-electron chi connectivity index (χ3n) is 3.78. The lowest BCUT2D eigenvalue weighted by Gasteiger charge is -2.33. The number of benzene rings is 1. The largest absolute Gasteiger partial charge is 0.316 e. The first-order valence-electron chi connectivity index (χ1n) is 6.89. The lowest BCUT2D eigenvalue weighted by atomic mass is 9.88. The molecule has 1 aromatic heterocycles. The first-order chi connectivity index (χ1) is 9.41. The van der Waals surface area contributed by atoms with Crippen LogP contribution in [0.2, 0.25) is 0 Å². The number of nitrogens with zero attached hydrogens (tertiary/aromatic N) is 1. The molecule has 1 atom stereocenters. The summed E-state index contributed by atoms with van der Waals surface area (Å²) in [6.07, 6.45) is 0.950. The lowest BCUT2D eigenvalue weighted by molar-refractivity contribution is 0.494. The number of nitrogens with two attached hydrogens (primary N) is 1. The Hall–Kier alpha value is -0.840. The van der Waals surface area contributed by atoms with Gasteiger partial charge in [0.05, 0.1) is 11.2 Å². The second kappa shape index (κ2) is 4.86. The number of hydrogen-bond donors (Lipinski definition) is 1. The fourth-order valence-corrected chi connectivity index (χ4v) is 4.89. The summed E-state index contributed by atoms with van der Waals surface area (Å²) in [5, 5.41) is 3.21. The Morgan fingerprint density at radius 1 is 1.25 bits per heavy atom. The molecule has 1 aromatic carbocycles. The highest BCUT2D eigenvalue weighted by atomic mass is 32.2. The van der Waals surface area contributed by atoms with Crippen LogP contribution in [0.15, 0.2) is 34.5 Å². The molecule has 0 radical (unpaired) electrons. The van der Waals surface area contributed by atoms with Gasteiger partial charge in [-0.1, -0.05) is 39.0 Å². The van der Waals surface area contributed by atoms with Crippen LogP contribution < -0.4 is 5.73 Å². The Bertz CT molecular complexity index is 627. The van der Waals surface area contributed by atoms with Crippen molar-refractivity contribution in [2.45, 2.75) is 43.0 Å². The summed E-state index contributed by atoms with van der Waals surface area (Å²) >= 11 is 3.59. The molecule has 4 heteroatoms.